The standard InChI is InChI=1S/C20H26N4OS2.HI/c1-16-15-23-19(27-16)9-12-24(2)20(21-10-7-17-5-3-13-25-17)22-11-8-18-6-4-14-26-18;/h3-6,13-15H,7-12H2,1-2H3,(H,21,22);1H. The van der Waals surface area contributed by atoms with Crippen molar-refractivity contribution in [2.75, 3.05) is 26.7 Å². The molecule has 5 nitrogen and oxygen atoms in total. The minimum Gasteiger partial charge on any atom is -0.469 e. The maximum atomic E-state index is 5.41. The number of thiophene rings is 1. The summed E-state index contributed by atoms with van der Waals surface area (Å²) in [7, 11) is 2.09. The van der Waals surface area contributed by atoms with E-state index < -0.39 is 0 Å². The van der Waals surface area contributed by atoms with Crippen LogP contribution in [-0.2, 0) is 19.3 Å². The van der Waals surface area contributed by atoms with E-state index in [4.69, 9.17) is 9.41 Å². The predicted molar refractivity (Wildman–Crippen MR) is 129 cm³/mol. The number of likely N-dealkylation sites (N-methyl/N-ethyl adjacent to an activating group) is 1. The Kier molecular flexibility index (Phi) is 10.0. The average molecular weight is 531 g/mol. The molecule has 3 aromatic rings. The average Bonchev–Trinajstić information content (AvgIpc) is 3.42. The second kappa shape index (κ2) is 12.2. The molecule has 1 N–H and O–H groups in total. The van der Waals surface area contributed by atoms with Crippen LogP contribution >= 0.6 is 46.7 Å². The molecular formula is C20H27IN4OS2. The second-order valence-electron chi connectivity index (χ2n) is 6.33. The van der Waals surface area contributed by atoms with E-state index in [9.17, 15) is 0 Å². The van der Waals surface area contributed by atoms with E-state index in [-0.39, 0.29) is 24.0 Å². The lowest BCUT2D eigenvalue weighted by Crippen LogP contribution is -2.41. The van der Waals surface area contributed by atoms with Gasteiger partial charge in [-0.3, -0.25) is 4.99 Å². The third-order valence-electron chi connectivity index (χ3n) is 4.13. The van der Waals surface area contributed by atoms with E-state index in [0.29, 0.717) is 0 Å². The Bertz CT molecular complexity index is 815. The minimum atomic E-state index is 0. The Labute approximate surface area is 191 Å². The summed E-state index contributed by atoms with van der Waals surface area (Å²) in [6.07, 6.45) is 6.40. The highest BCUT2D eigenvalue weighted by Gasteiger charge is 2.09. The van der Waals surface area contributed by atoms with Gasteiger partial charge in [0.2, 0.25) is 0 Å². The fourth-order valence-electron chi connectivity index (χ4n) is 2.68. The summed E-state index contributed by atoms with van der Waals surface area (Å²) in [6, 6.07) is 8.18. The summed E-state index contributed by atoms with van der Waals surface area (Å²) in [4.78, 5) is 14.1. The summed E-state index contributed by atoms with van der Waals surface area (Å²) < 4.78 is 5.41. The molecule has 0 saturated heterocycles. The quantitative estimate of drug-likeness (QED) is 0.249. The van der Waals surface area contributed by atoms with Gasteiger partial charge < -0.3 is 14.6 Å². The second-order valence-corrected chi connectivity index (χ2v) is 8.68. The van der Waals surface area contributed by atoms with E-state index in [2.05, 4.69) is 46.7 Å². The zero-order valence-electron chi connectivity index (χ0n) is 16.3. The van der Waals surface area contributed by atoms with Crippen LogP contribution in [0.15, 0.2) is 51.5 Å². The molecule has 28 heavy (non-hydrogen) atoms. The number of hydrogen-bond acceptors (Lipinski definition) is 5. The largest absolute Gasteiger partial charge is 0.469 e. The number of aliphatic imine (C=N–C) groups is 1. The van der Waals surface area contributed by atoms with Crippen molar-refractivity contribution in [3.05, 3.63) is 62.6 Å². The van der Waals surface area contributed by atoms with Crippen LogP contribution < -0.4 is 5.32 Å². The van der Waals surface area contributed by atoms with Crippen molar-refractivity contribution >= 4 is 52.6 Å². The van der Waals surface area contributed by atoms with Crippen molar-refractivity contribution in [3.63, 3.8) is 0 Å². The number of aryl methyl sites for hydroxylation is 1. The molecular weight excluding hydrogens is 503 g/mol. The predicted octanol–water partition coefficient (Wildman–Crippen LogP) is 4.63. The van der Waals surface area contributed by atoms with Gasteiger partial charge in [-0.15, -0.1) is 46.7 Å². The van der Waals surface area contributed by atoms with Gasteiger partial charge in [0.1, 0.15) is 5.76 Å². The van der Waals surface area contributed by atoms with Gasteiger partial charge in [-0.1, -0.05) is 6.07 Å². The summed E-state index contributed by atoms with van der Waals surface area (Å²) in [5.41, 5.74) is 0. The van der Waals surface area contributed by atoms with Crippen molar-refractivity contribution < 1.29 is 4.42 Å². The number of furan rings is 1. The van der Waals surface area contributed by atoms with Crippen molar-refractivity contribution in [2.45, 2.75) is 26.2 Å². The number of halogens is 1. The van der Waals surface area contributed by atoms with E-state index in [0.717, 1.165) is 50.6 Å². The van der Waals surface area contributed by atoms with Gasteiger partial charge in [-0.05, 0) is 30.5 Å². The Morgan fingerprint density at radius 3 is 2.82 bits per heavy atom. The molecule has 0 atom stereocenters. The molecule has 0 aromatic carbocycles. The summed E-state index contributed by atoms with van der Waals surface area (Å²) in [6.45, 7) is 4.56. The summed E-state index contributed by atoms with van der Waals surface area (Å²) >= 11 is 3.55. The lowest BCUT2D eigenvalue weighted by Gasteiger charge is -2.22. The van der Waals surface area contributed by atoms with E-state index >= 15 is 0 Å². The highest BCUT2D eigenvalue weighted by atomic mass is 127. The normalized spacial score (nSPS) is 11.3. The maximum Gasteiger partial charge on any atom is 0.193 e. The molecule has 3 rings (SSSR count). The Morgan fingerprint density at radius 1 is 1.25 bits per heavy atom. The van der Waals surface area contributed by atoms with Gasteiger partial charge in [-0.2, -0.15) is 0 Å². The van der Waals surface area contributed by atoms with Crippen LogP contribution in [0.4, 0.5) is 0 Å². The first-order valence-corrected chi connectivity index (χ1v) is 10.9. The maximum absolute atomic E-state index is 5.41. The molecule has 0 unspecified atom stereocenters. The van der Waals surface area contributed by atoms with Gasteiger partial charge >= 0.3 is 0 Å². The van der Waals surface area contributed by atoms with E-state index in [1.54, 1.807) is 28.9 Å². The molecule has 0 aliphatic carbocycles. The molecule has 0 amide bonds. The van der Waals surface area contributed by atoms with Crippen LogP contribution in [0, 0.1) is 6.92 Å². The molecule has 0 aliphatic heterocycles. The van der Waals surface area contributed by atoms with Crippen molar-refractivity contribution in [1.82, 2.24) is 15.2 Å². The molecule has 0 saturated carbocycles. The fraction of sp³-hybridized carbons (Fsp3) is 0.400. The number of guanidine groups is 1. The first-order chi connectivity index (χ1) is 13.2. The van der Waals surface area contributed by atoms with Crippen LogP contribution in [0.5, 0.6) is 0 Å². The van der Waals surface area contributed by atoms with Crippen LogP contribution in [0.25, 0.3) is 0 Å². The van der Waals surface area contributed by atoms with Crippen molar-refractivity contribution in [2.24, 2.45) is 4.99 Å². The van der Waals surface area contributed by atoms with Gasteiger partial charge in [0, 0.05) is 61.9 Å². The first-order valence-electron chi connectivity index (χ1n) is 9.16. The zero-order valence-corrected chi connectivity index (χ0v) is 20.2. The highest BCUT2D eigenvalue weighted by Crippen LogP contribution is 2.12. The van der Waals surface area contributed by atoms with Gasteiger partial charge in [0.15, 0.2) is 5.96 Å². The van der Waals surface area contributed by atoms with Gasteiger partial charge in [-0.25, -0.2) is 4.98 Å². The number of hydrogen-bond donors (Lipinski definition) is 1. The van der Waals surface area contributed by atoms with Crippen molar-refractivity contribution in [3.8, 4) is 0 Å². The molecule has 152 valence electrons. The lowest BCUT2D eigenvalue weighted by atomic mass is 10.3. The minimum absolute atomic E-state index is 0. The third-order valence-corrected chi connectivity index (χ3v) is 6.04. The zero-order chi connectivity index (χ0) is 18.9. The Morgan fingerprint density at radius 2 is 2.14 bits per heavy atom. The lowest BCUT2D eigenvalue weighted by molar-refractivity contribution is 0.474. The molecule has 0 fully saturated rings. The molecule has 3 aromatic heterocycles. The molecule has 0 aliphatic rings. The van der Waals surface area contributed by atoms with Crippen LogP contribution in [0.1, 0.15) is 20.5 Å². The topological polar surface area (TPSA) is 53.7 Å². The van der Waals surface area contributed by atoms with Crippen LogP contribution in [0.2, 0.25) is 0 Å². The van der Waals surface area contributed by atoms with E-state index in [1.807, 2.05) is 18.3 Å². The first kappa shape index (κ1) is 22.9. The van der Waals surface area contributed by atoms with Gasteiger partial charge in [0.25, 0.3) is 0 Å². The molecule has 0 radical (unpaired) electrons. The third kappa shape index (κ3) is 7.56. The Balaban J connectivity index is 0.00000280. The Hall–Kier alpha value is -1.39. The van der Waals surface area contributed by atoms with E-state index in [1.165, 1.54) is 14.8 Å². The number of thiazole rings is 1. The summed E-state index contributed by atoms with van der Waals surface area (Å²) in [5, 5.41) is 6.77. The number of nitrogens with one attached hydrogen (secondary N) is 1. The van der Waals surface area contributed by atoms with Crippen LogP contribution in [0.3, 0.4) is 0 Å². The number of nitrogens with zero attached hydrogens (tertiary/aromatic N) is 3. The van der Waals surface area contributed by atoms with Crippen molar-refractivity contribution in [1.29, 1.82) is 0 Å². The monoisotopic (exact) mass is 530 g/mol. The van der Waals surface area contributed by atoms with Gasteiger partial charge in [0.05, 0.1) is 11.3 Å². The smallest absolute Gasteiger partial charge is 0.193 e. The molecule has 0 spiro atoms. The molecule has 0 bridgehead atoms. The molecule has 3 heterocycles. The molecule has 8 heteroatoms. The SMILES string of the molecule is Cc1cnc(CCN(C)C(=NCCc2cccs2)NCCc2ccco2)s1.I. The number of rotatable bonds is 9. The highest BCUT2D eigenvalue weighted by molar-refractivity contribution is 14.0. The summed E-state index contributed by atoms with van der Waals surface area (Å²) in [5.74, 6) is 1.92. The van der Waals surface area contributed by atoms with Crippen LogP contribution in [-0.4, -0.2) is 42.5 Å². The number of aromatic nitrogens is 1. The fourth-order valence-corrected chi connectivity index (χ4v) is 4.15.